The zero-order valence-corrected chi connectivity index (χ0v) is 17.2. The molecular formula is C21H24N2O3S2. The summed E-state index contributed by atoms with van der Waals surface area (Å²) in [5.74, 6) is 0.141. The number of hydrogen-bond donors (Lipinski definition) is 2. The Labute approximate surface area is 170 Å². The summed E-state index contributed by atoms with van der Waals surface area (Å²) in [6.07, 6.45) is 4.99. The summed E-state index contributed by atoms with van der Waals surface area (Å²) < 4.78 is 26.2. The molecule has 2 N–H and O–H groups in total. The van der Waals surface area contributed by atoms with Crippen LogP contribution in [-0.4, -0.2) is 26.6 Å². The van der Waals surface area contributed by atoms with Crippen LogP contribution >= 0.6 is 11.8 Å². The number of benzene rings is 2. The van der Waals surface area contributed by atoms with Gasteiger partial charge in [-0.05, 0) is 60.2 Å². The molecule has 0 bridgehead atoms. The van der Waals surface area contributed by atoms with E-state index in [2.05, 4.69) is 34.8 Å². The van der Waals surface area contributed by atoms with E-state index in [0.29, 0.717) is 17.0 Å². The van der Waals surface area contributed by atoms with E-state index in [-0.39, 0.29) is 18.2 Å². The van der Waals surface area contributed by atoms with Gasteiger partial charge in [0.25, 0.3) is 0 Å². The van der Waals surface area contributed by atoms with E-state index in [1.54, 1.807) is 24.3 Å². The highest BCUT2D eigenvalue weighted by Gasteiger charge is 2.12. The van der Waals surface area contributed by atoms with Crippen LogP contribution in [0.15, 0.2) is 60.0 Å². The van der Waals surface area contributed by atoms with Gasteiger partial charge in [-0.3, -0.25) is 4.79 Å². The van der Waals surface area contributed by atoms with Crippen molar-refractivity contribution in [2.24, 2.45) is 0 Å². The predicted octanol–water partition coefficient (Wildman–Crippen LogP) is 3.51. The molecule has 3 rings (SSSR count). The summed E-state index contributed by atoms with van der Waals surface area (Å²) in [6.45, 7) is 3.70. The first-order valence-electron chi connectivity index (χ1n) is 9.17. The lowest BCUT2D eigenvalue weighted by Gasteiger charge is -2.08. The second kappa shape index (κ2) is 9.41. The van der Waals surface area contributed by atoms with Crippen LogP contribution in [0.1, 0.15) is 23.1 Å². The Hall–Kier alpha value is -2.09. The van der Waals surface area contributed by atoms with Gasteiger partial charge in [0.05, 0.1) is 11.5 Å². The maximum absolute atomic E-state index is 12.2. The van der Waals surface area contributed by atoms with Crippen molar-refractivity contribution in [3.05, 3.63) is 71.8 Å². The van der Waals surface area contributed by atoms with E-state index in [4.69, 9.17) is 0 Å². The van der Waals surface area contributed by atoms with Crippen LogP contribution in [0.2, 0.25) is 0 Å². The Bertz CT molecular complexity index is 954. The van der Waals surface area contributed by atoms with Gasteiger partial charge in [0, 0.05) is 17.1 Å². The summed E-state index contributed by atoms with van der Waals surface area (Å²) in [5, 5.41) is 2.85. The molecule has 0 heterocycles. The molecule has 0 radical (unpaired) electrons. The maximum atomic E-state index is 12.2. The molecule has 0 spiro atoms. The number of rotatable bonds is 9. The second-order valence-electron chi connectivity index (χ2n) is 6.71. The molecule has 0 unspecified atom stereocenters. The van der Waals surface area contributed by atoms with E-state index in [1.165, 1.54) is 35.4 Å². The Morgan fingerprint density at radius 2 is 1.86 bits per heavy atom. The molecule has 28 heavy (non-hydrogen) atoms. The molecule has 0 aliphatic heterocycles. The first-order valence-corrected chi connectivity index (χ1v) is 11.8. The monoisotopic (exact) mass is 416 g/mol. The van der Waals surface area contributed by atoms with Gasteiger partial charge in [-0.2, -0.15) is 0 Å². The normalized spacial score (nSPS) is 13.1. The minimum atomic E-state index is -3.39. The van der Waals surface area contributed by atoms with Crippen LogP contribution in [-0.2, 0) is 33.4 Å². The molecule has 0 fully saturated rings. The molecule has 5 nitrogen and oxygen atoms in total. The molecule has 1 amide bonds. The number of anilines is 1. The van der Waals surface area contributed by atoms with Crippen LogP contribution in [0, 0.1) is 0 Å². The average Bonchev–Trinajstić information content (AvgIpc) is 3.14. The van der Waals surface area contributed by atoms with Gasteiger partial charge >= 0.3 is 0 Å². The van der Waals surface area contributed by atoms with E-state index in [0.717, 1.165) is 17.7 Å². The van der Waals surface area contributed by atoms with E-state index < -0.39 is 10.0 Å². The number of sulfonamides is 1. The average molecular weight is 417 g/mol. The lowest BCUT2D eigenvalue weighted by atomic mass is 10.1. The first kappa shape index (κ1) is 20.6. The van der Waals surface area contributed by atoms with Gasteiger partial charge in [0.2, 0.25) is 15.9 Å². The smallest absolute Gasteiger partial charge is 0.234 e. The zero-order valence-electron chi connectivity index (χ0n) is 15.6. The molecule has 0 aromatic heterocycles. The molecule has 0 saturated carbocycles. The predicted molar refractivity (Wildman–Crippen MR) is 115 cm³/mol. The summed E-state index contributed by atoms with van der Waals surface area (Å²) >= 11 is 1.52. The molecular weight excluding hydrogens is 392 g/mol. The fourth-order valence-corrected chi connectivity index (χ4v) is 4.99. The van der Waals surface area contributed by atoms with Crippen LogP contribution in [0.25, 0.3) is 0 Å². The van der Waals surface area contributed by atoms with Gasteiger partial charge in [-0.25, -0.2) is 13.1 Å². The highest BCUT2D eigenvalue weighted by atomic mass is 32.2. The van der Waals surface area contributed by atoms with Crippen molar-refractivity contribution in [2.45, 2.75) is 29.9 Å². The van der Waals surface area contributed by atoms with Gasteiger partial charge in [0.15, 0.2) is 0 Å². The van der Waals surface area contributed by atoms with Gasteiger partial charge < -0.3 is 5.32 Å². The number of nitrogens with one attached hydrogen (secondary N) is 2. The summed E-state index contributed by atoms with van der Waals surface area (Å²) in [6, 6.07) is 13.3. The van der Waals surface area contributed by atoms with Gasteiger partial charge in [-0.1, -0.05) is 24.3 Å². The summed E-state index contributed by atoms with van der Waals surface area (Å²) in [5.41, 5.74) is 4.14. The van der Waals surface area contributed by atoms with Crippen molar-refractivity contribution < 1.29 is 13.2 Å². The number of thioether (sulfide) groups is 1. The largest absolute Gasteiger partial charge is 0.325 e. The zero-order chi connectivity index (χ0) is 20.0. The Kier molecular flexibility index (Phi) is 6.93. The van der Waals surface area contributed by atoms with Crippen LogP contribution in [0.5, 0.6) is 0 Å². The molecule has 1 aliphatic rings. The van der Waals surface area contributed by atoms with E-state index >= 15 is 0 Å². The molecule has 0 atom stereocenters. The minimum absolute atomic E-state index is 0.0847. The Balaban J connectivity index is 1.49. The van der Waals surface area contributed by atoms with Crippen molar-refractivity contribution in [3.8, 4) is 0 Å². The fraction of sp³-hybridized carbons (Fsp3) is 0.286. The number of aryl methyl sites for hydroxylation is 2. The number of carbonyl (C=O) groups is 1. The Morgan fingerprint density at radius 3 is 2.61 bits per heavy atom. The van der Waals surface area contributed by atoms with Gasteiger partial charge in [-0.15, -0.1) is 18.3 Å². The number of carbonyl (C=O) groups excluding carboxylic acids is 1. The van der Waals surface area contributed by atoms with Crippen LogP contribution in [0.3, 0.4) is 0 Å². The molecule has 1 aliphatic carbocycles. The summed E-state index contributed by atoms with van der Waals surface area (Å²) in [7, 11) is -3.39. The van der Waals surface area contributed by atoms with Gasteiger partial charge in [0.1, 0.15) is 0 Å². The van der Waals surface area contributed by atoms with Crippen molar-refractivity contribution in [2.75, 3.05) is 17.6 Å². The molecule has 2 aromatic rings. The third-order valence-corrected chi connectivity index (χ3v) is 6.80. The highest BCUT2D eigenvalue weighted by molar-refractivity contribution is 8.00. The number of hydrogen-bond acceptors (Lipinski definition) is 4. The topological polar surface area (TPSA) is 75.3 Å². The molecule has 0 saturated heterocycles. The first-order chi connectivity index (χ1) is 13.4. The Morgan fingerprint density at radius 1 is 1.11 bits per heavy atom. The number of amides is 1. The van der Waals surface area contributed by atoms with Crippen LogP contribution in [0.4, 0.5) is 5.69 Å². The quantitative estimate of drug-likeness (QED) is 0.485. The number of fused-ring (bicyclic) bond motifs is 1. The standard InChI is InChI=1S/C21H24N2O3S2/c1-2-12-22-28(25,26)15-16-6-9-19(10-7-16)23-21(24)14-27-20-11-8-17-4-3-5-18(17)13-20/h2,6-11,13,22H,1,3-5,12,14-15H2,(H,23,24). The third-order valence-electron chi connectivity index (χ3n) is 4.48. The van der Waals surface area contributed by atoms with E-state index in [9.17, 15) is 13.2 Å². The lowest BCUT2D eigenvalue weighted by molar-refractivity contribution is -0.113. The van der Waals surface area contributed by atoms with Crippen molar-refractivity contribution in [1.82, 2.24) is 4.72 Å². The maximum Gasteiger partial charge on any atom is 0.234 e. The molecule has 148 valence electrons. The summed E-state index contributed by atoms with van der Waals surface area (Å²) in [4.78, 5) is 13.3. The van der Waals surface area contributed by atoms with Crippen molar-refractivity contribution >= 4 is 33.4 Å². The molecule has 2 aromatic carbocycles. The molecule has 7 heteroatoms. The fourth-order valence-electron chi connectivity index (χ4n) is 3.12. The second-order valence-corrected chi connectivity index (χ2v) is 9.57. The third kappa shape index (κ3) is 5.95. The van der Waals surface area contributed by atoms with Crippen LogP contribution < -0.4 is 10.0 Å². The minimum Gasteiger partial charge on any atom is -0.325 e. The van der Waals surface area contributed by atoms with Crippen molar-refractivity contribution in [3.63, 3.8) is 0 Å². The SMILES string of the molecule is C=CCNS(=O)(=O)Cc1ccc(NC(=O)CSc2ccc3c(c2)CCC3)cc1. The van der Waals surface area contributed by atoms with E-state index in [1.807, 2.05) is 0 Å². The van der Waals surface area contributed by atoms with Crippen molar-refractivity contribution in [1.29, 1.82) is 0 Å². The lowest BCUT2D eigenvalue weighted by Crippen LogP contribution is -2.25. The highest BCUT2D eigenvalue weighted by Crippen LogP contribution is 2.27.